The summed E-state index contributed by atoms with van der Waals surface area (Å²) in [6, 6.07) is 9.97. The average molecular weight is 360 g/mol. The van der Waals surface area contributed by atoms with Crippen molar-refractivity contribution < 1.29 is 4.79 Å². The quantitative estimate of drug-likeness (QED) is 0.882. The van der Waals surface area contributed by atoms with E-state index in [0.717, 1.165) is 40.8 Å². The predicted molar refractivity (Wildman–Crippen MR) is 95.5 cm³/mol. The summed E-state index contributed by atoms with van der Waals surface area (Å²) in [6.07, 6.45) is 0. The Labute approximate surface area is 146 Å². The van der Waals surface area contributed by atoms with Gasteiger partial charge in [-0.15, -0.1) is 36.2 Å². The lowest BCUT2D eigenvalue weighted by Gasteiger charge is -2.26. The van der Waals surface area contributed by atoms with E-state index in [1.54, 1.807) is 0 Å². The number of carbonyl (C=O) groups excluding carboxylic acids is 1. The molecule has 1 amide bonds. The summed E-state index contributed by atoms with van der Waals surface area (Å²) in [7, 11) is 0. The predicted octanol–water partition coefficient (Wildman–Crippen LogP) is 2.91. The van der Waals surface area contributed by atoms with Gasteiger partial charge in [-0.1, -0.05) is 30.3 Å². The number of nitrogens with zero attached hydrogens (tertiary/aromatic N) is 1. The fourth-order valence-corrected chi connectivity index (χ4v) is 3.11. The number of thiazole rings is 1. The van der Waals surface area contributed by atoms with E-state index in [4.69, 9.17) is 0 Å². The van der Waals surface area contributed by atoms with Crippen molar-refractivity contribution >= 4 is 42.1 Å². The fraction of sp³-hybridized carbons (Fsp3) is 0.333. The molecule has 0 bridgehead atoms. The summed E-state index contributed by atoms with van der Waals surface area (Å²) in [5.74, 6) is 0.565. The van der Waals surface area contributed by atoms with Gasteiger partial charge in [-0.3, -0.25) is 4.79 Å². The van der Waals surface area contributed by atoms with Crippen molar-refractivity contribution in [1.29, 1.82) is 0 Å². The molecule has 0 radical (unpaired) electrons. The molecular weight excluding hydrogens is 341 g/mol. The number of hydrogen-bond acceptors (Lipinski definition) is 4. The second kappa shape index (κ2) is 8.48. The molecule has 3 rings (SSSR count). The fourth-order valence-electron chi connectivity index (χ4n) is 2.12. The summed E-state index contributed by atoms with van der Waals surface area (Å²) in [5, 5.41) is 7.10. The molecule has 2 heterocycles. The second-order valence-electron chi connectivity index (χ2n) is 5.03. The van der Waals surface area contributed by atoms with Gasteiger partial charge in [0.1, 0.15) is 9.88 Å². The highest BCUT2D eigenvalue weighted by molar-refractivity contribution is 7.17. The first kappa shape index (κ1) is 18.9. The molecule has 1 saturated heterocycles. The monoisotopic (exact) mass is 359 g/mol. The molecule has 1 aromatic heterocycles. The Hall–Kier alpha value is -1.14. The Kier molecular flexibility index (Phi) is 7.29. The summed E-state index contributed by atoms with van der Waals surface area (Å²) < 4.78 is 0. The van der Waals surface area contributed by atoms with Crippen LogP contribution in [0.4, 0.5) is 0 Å². The molecule has 2 N–H and O–H groups in total. The molecule has 2 aromatic rings. The van der Waals surface area contributed by atoms with Crippen LogP contribution in [0.1, 0.15) is 15.4 Å². The molecule has 0 spiro atoms. The lowest BCUT2D eigenvalue weighted by Crippen LogP contribution is -2.48. The van der Waals surface area contributed by atoms with E-state index in [0.29, 0.717) is 5.92 Å². The van der Waals surface area contributed by atoms with Gasteiger partial charge in [-0.2, -0.15) is 0 Å². The van der Waals surface area contributed by atoms with Crippen LogP contribution in [0.5, 0.6) is 0 Å². The molecule has 1 aliphatic heterocycles. The Morgan fingerprint density at radius 2 is 2.00 bits per heavy atom. The molecule has 120 valence electrons. The SMILES string of the molecule is Cc1nc(-c2ccccc2)sc1C(=O)NCC1CNC1.Cl.Cl. The zero-order valence-electron chi connectivity index (χ0n) is 12.2. The van der Waals surface area contributed by atoms with Gasteiger partial charge in [0.15, 0.2) is 0 Å². The standard InChI is InChI=1S/C15H17N3OS.2ClH/c1-10-13(14(19)17-9-11-7-16-8-11)20-15(18-10)12-5-3-2-4-6-12;;/h2-6,11,16H,7-9H2,1H3,(H,17,19);2*1H. The molecule has 0 unspecified atom stereocenters. The highest BCUT2D eigenvalue weighted by atomic mass is 35.5. The van der Waals surface area contributed by atoms with Gasteiger partial charge in [0.2, 0.25) is 0 Å². The third-order valence-corrected chi connectivity index (χ3v) is 4.65. The van der Waals surface area contributed by atoms with E-state index in [1.807, 2.05) is 37.3 Å². The highest BCUT2D eigenvalue weighted by Crippen LogP contribution is 2.27. The minimum atomic E-state index is -0.00548. The van der Waals surface area contributed by atoms with Crippen LogP contribution >= 0.6 is 36.2 Å². The van der Waals surface area contributed by atoms with Gasteiger partial charge in [0, 0.05) is 31.1 Å². The molecule has 0 atom stereocenters. The molecule has 0 saturated carbocycles. The maximum Gasteiger partial charge on any atom is 0.263 e. The number of aromatic nitrogens is 1. The van der Waals surface area contributed by atoms with Crippen molar-refractivity contribution in [3.8, 4) is 10.6 Å². The Morgan fingerprint density at radius 3 is 2.59 bits per heavy atom. The Bertz CT molecular complexity index is 615. The minimum absolute atomic E-state index is 0. The number of nitrogens with one attached hydrogen (secondary N) is 2. The number of aryl methyl sites for hydroxylation is 1. The number of rotatable bonds is 4. The van der Waals surface area contributed by atoms with Crippen LogP contribution in [-0.4, -0.2) is 30.5 Å². The van der Waals surface area contributed by atoms with Crippen LogP contribution < -0.4 is 10.6 Å². The second-order valence-corrected chi connectivity index (χ2v) is 6.03. The molecule has 1 aromatic carbocycles. The molecule has 22 heavy (non-hydrogen) atoms. The van der Waals surface area contributed by atoms with Crippen molar-refractivity contribution in [2.24, 2.45) is 5.92 Å². The maximum atomic E-state index is 12.2. The van der Waals surface area contributed by atoms with Crippen molar-refractivity contribution in [3.63, 3.8) is 0 Å². The van der Waals surface area contributed by atoms with Gasteiger partial charge in [-0.25, -0.2) is 4.98 Å². The summed E-state index contributed by atoms with van der Waals surface area (Å²) in [6.45, 7) is 4.63. The summed E-state index contributed by atoms with van der Waals surface area (Å²) in [4.78, 5) is 17.4. The number of benzene rings is 1. The topological polar surface area (TPSA) is 54.0 Å². The van der Waals surface area contributed by atoms with Crippen molar-refractivity contribution in [1.82, 2.24) is 15.6 Å². The van der Waals surface area contributed by atoms with Crippen molar-refractivity contribution in [2.45, 2.75) is 6.92 Å². The van der Waals surface area contributed by atoms with Crippen LogP contribution in [0.3, 0.4) is 0 Å². The first-order chi connectivity index (χ1) is 9.74. The van der Waals surface area contributed by atoms with Crippen LogP contribution in [0.15, 0.2) is 30.3 Å². The van der Waals surface area contributed by atoms with E-state index < -0.39 is 0 Å². The Morgan fingerprint density at radius 1 is 1.32 bits per heavy atom. The van der Waals surface area contributed by atoms with Gasteiger partial charge in [0.05, 0.1) is 5.69 Å². The smallest absolute Gasteiger partial charge is 0.263 e. The first-order valence-electron chi connectivity index (χ1n) is 6.76. The van der Waals surface area contributed by atoms with Gasteiger partial charge in [0.25, 0.3) is 5.91 Å². The summed E-state index contributed by atoms with van der Waals surface area (Å²) in [5.41, 5.74) is 1.86. The highest BCUT2D eigenvalue weighted by Gasteiger charge is 2.20. The molecule has 0 aliphatic carbocycles. The molecular formula is C15H19Cl2N3OS. The lowest BCUT2D eigenvalue weighted by molar-refractivity contribution is 0.0945. The van der Waals surface area contributed by atoms with Crippen molar-refractivity contribution in [3.05, 3.63) is 40.9 Å². The first-order valence-corrected chi connectivity index (χ1v) is 7.57. The lowest BCUT2D eigenvalue weighted by atomic mass is 10.0. The number of halogens is 2. The molecule has 1 aliphatic rings. The zero-order chi connectivity index (χ0) is 13.9. The maximum absolute atomic E-state index is 12.2. The third-order valence-electron chi connectivity index (χ3n) is 3.44. The third kappa shape index (κ3) is 4.20. The number of amides is 1. The Balaban J connectivity index is 0.00000121. The normalized spacial score (nSPS) is 13.5. The average Bonchev–Trinajstić information content (AvgIpc) is 2.80. The summed E-state index contributed by atoms with van der Waals surface area (Å²) >= 11 is 1.46. The number of carbonyl (C=O) groups is 1. The van der Waals surface area contributed by atoms with E-state index in [1.165, 1.54) is 11.3 Å². The molecule has 7 heteroatoms. The van der Waals surface area contributed by atoms with Crippen molar-refractivity contribution in [2.75, 3.05) is 19.6 Å². The van der Waals surface area contributed by atoms with Crippen LogP contribution in [0.25, 0.3) is 10.6 Å². The minimum Gasteiger partial charge on any atom is -0.351 e. The molecule has 1 fully saturated rings. The van der Waals surface area contributed by atoms with Gasteiger partial charge in [-0.05, 0) is 6.92 Å². The molecule has 4 nitrogen and oxygen atoms in total. The van der Waals surface area contributed by atoms with E-state index in [-0.39, 0.29) is 30.7 Å². The zero-order valence-corrected chi connectivity index (χ0v) is 14.6. The van der Waals surface area contributed by atoms with E-state index >= 15 is 0 Å². The van der Waals surface area contributed by atoms with Crippen LogP contribution in [0, 0.1) is 12.8 Å². The van der Waals surface area contributed by atoms with Gasteiger partial charge < -0.3 is 10.6 Å². The van der Waals surface area contributed by atoms with E-state index in [9.17, 15) is 4.79 Å². The largest absolute Gasteiger partial charge is 0.351 e. The van der Waals surface area contributed by atoms with Crippen LogP contribution in [-0.2, 0) is 0 Å². The number of hydrogen-bond donors (Lipinski definition) is 2. The van der Waals surface area contributed by atoms with E-state index in [2.05, 4.69) is 15.6 Å². The van der Waals surface area contributed by atoms with Gasteiger partial charge >= 0.3 is 0 Å². The van der Waals surface area contributed by atoms with Crippen LogP contribution in [0.2, 0.25) is 0 Å².